The molecule has 1 aromatic heterocycles. The molecule has 0 saturated heterocycles. The summed E-state index contributed by atoms with van der Waals surface area (Å²) in [6, 6.07) is 7.16. The molecule has 2 aromatic rings. The molecule has 0 aliphatic heterocycles. The topological polar surface area (TPSA) is 60.5 Å². The molecule has 0 atom stereocenters. The highest BCUT2D eigenvalue weighted by molar-refractivity contribution is 7.09. The summed E-state index contributed by atoms with van der Waals surface area (Å²) in [5.41, 5.74) is 7.43. The predicted octanol–water partition coefficient (Wildman–Crippen LogP) is 3.76. The van der Waals surface area contributed by atoms with E-state index < -0.39 is 0 Å². The van der Waals surface area contributed by atoms with E-state index in [-0.39, 0.29) is 0 Å². The summed E-state index contributed by atoms with van der Waals surface area (Å²) in [6.07, 6.45) is 0. The summed E-state index contributed by atoms with van der Waals surface area (Å²) in [5, 5.41) is 7.56. The molecule has 0 unspecified atom stereocenters. The van der Waals surface area contributed by atoms with E-state index in [1.807, 2.05) is 17.5 Å². The van der Waals surface area contributed by atoms with Crippen LogP contribution in [-0.4, -0.2) is 10.8 Å². The molecule has 0 radical (unpaired) electrons. The number of nitrogens with two attached hydrogens (primary N) is 1. The predicted molar refractivity (Wildman–Crippen MR) is 83.2 cm³/mol. The van der Waals surface area contributed by atoms with E-state index >= 15 is 0 Å². The minimum atomic E-state index is 0.298. The van der Waals surface area contributed by atoms with Crippen molar-refractivity contribution in [3.05, 3.63) is 50.9 Å². The molecule has 1 heterocycles. The fourth-order valence-corrected chi connectivity index (χ4v) is 2.53. The normalized spacial score (nSPS) is 11.9. The van der Waals surface area contributed by atoms with Gasteiger partial charge in [0.15, 0.2) is 12.4 Å². The SMILES string of the molecule is CC(C)c1nc(CO/N=C(/N)c2cccc(Cl)c2)cs1. The second kappa shape index (κ2) is 6.72. The number of aromatic nitrogens is 1. The Hall–Kier alpha value is -1.59. The Morgan fingerprint density at radius 3 is 2.95 bits per heavy atom. The molecule has 0 fully saturated rings. The van der Waals surface area contributed by atoms with Crippen LogP contribution in [0.3, 0.4) is 0 Å². The number of hydrogen-bond acceptors (Lipinski definition) is 4. The van der Waals surface area contributed by atoms with Gasteiger partial charge in [0.1, 0.15) is 0 Å². The van der Waals surface area contributed by atoms with Gasteiger partial charge in [0.2, 0.25) is 0 Å². The van der Waals surface area contributed by atoms with Gasteiger partial charge in [-0.2, -0.15) is 0 Å². The zero-order valence-corrected chi connectivity index (χ0v) is 12.9. The highest BCUT2D eigenvalue weighted by Gasteiger charge is 2.06. The van der Waals surface area contributed by atoms with Crippen molar-refractivity contribution in [3.8, 4) is 0 Å². The zero-order valence-electron chi connectivity index (χ0n) is 11.3. The van der Waals surface area contributed by atoms with Crippen LogP contribution in [0.25, 0.3) is 0 Å². The van der Waals surface area contributed by atoms with Crippen molar-refractivity contribution >= 4 is 28.8 Å². The minimum Gasteiger partial charge on any atom is -0.388 e. The number of halogens is 1. The van der Waals surface area contributed by atoms with Crippen LogP contribution in [-0.2, 0) is 11.4 Å². The van der Waals surface area contributed by atoms with Crippen molar-refractivity contribution in [3.63, 3.8) is 0 Å². The molecule has 6 heteroatoms. The summed E-state index contributed by atoms with van der Waals surface area (Å²) in [7, 11) is 0. The molecular formula is C14H16ClN3OS. The van der Waals surface area contributed by atoms with E-state index in [1.165, 1.54) is 0 Å². The van der Waals surface area contributed by atoms with E-state index in [0.29, 0.717) is 23.4 Å². The lowest BCUT2D eigenvalue weighted by molar-refractivity contribution is 0.128. The van der Waals surface area contributed by atoms with Crippen molar-refractivity contribution in [2.75, 3.05) is 0 Å². The zero-order chi connectivity index (χ0) is 14.5. The molecule has 1 aromatic carbocycles. The number of thiazole rings is 1. The van der Waals surface area contributed by atoms with Crippen molar-refractivity contribution in [1.29, 1.82) is 0 Å². The van der Waals surface area contributed by atoms with Gasteiger partial charge in [-0.3, -0.25) is 0 Å². The maximum absolute atomic E-state index is 5.89. The molecule has 0 amide bonds. The summed E-state index contributed by atoms with van der Waals surface area (Å²) in [5.74, 6) is 0.723. The third-order valence-corrected chi connectivity index (χ3v) is 3.99. The Morgan fingerprint density at radius 1 is 1.50 bits per heavy atom. The smallest absolute Gasteiger partial charge is 0.170 e. The van der Waals surface area contributed by atoms with Crippen LogP contribution >= 0.6 is 22.9 Å². The quantitative estimate of drug-likeness (QED) is 0.520. The second-order valence-electron chi connectivity index (χ2n) is 4.59. The monoisotopic (exact) mass is 309 g/mol. The van der Waals surface area contributed by atoms with Gasteiger partial charge in [-0.15, -0.1) is 11.3 Å². The third-order valence-electron chi connectivity index (χ3n) is 2.56. The van der Waals surface area contributed by atoms with Crippen LogP contribution in [0.1, 0.15) is 36.0 Å². The van der Waals surface area contributed by atoms with Crippen LogP contribution in [0.4, 0.5) is 0 Å². The Morgan fingerprint density at radius 2 is 2.30 bits per heavy atom. The van der Waals surface area contributed by atoms with E-state index in [0.717, 1.165) is 16.3 Å². The maximum atomic E-state index is 5.89. The van der Waals surface area contributed by atoms with Gasteiger partial charge in [-0.05, 0) is 12.1 Å². The number of amidine groups is 1. The molecular weight excluding hydrogens is 294 g/mol. The van der Waals surface area contributed by atoms with Crippen LogP contribution in [0.5, 0.6) is 0 Å². The van der Waals surface area contributed by atoms with Crippen LogP contribution < -0.4 is 5.73 Å². The van der Waals surface area contributed by atoms with Crippen LogP contribution in [0.15, 0.2) is 34.8 Å². The highest BCUT2D eigenvalue weighted by atomic mass is 35.5. The third kappa shape index (κ3) is 3.95. The molecule has 2 rings (SSSR count). The number of rotatable bonds is 5. The largest absolute Gasteiger partial charge is 0.388 e. The van der Waals surface area contributed by atoms with Gasteiger partial charge in [0, 0.05) is 21.9 Å². The van der Waals surface area contributed by atoms with Gasteiger partial charge < -0.3 is 10.6 Å². The fourth-order valence-electron chi connectivity index (χ4n) is 1.52. The average Bonchev–Trinajstić information content (AvgIpc) is 2.87. The minimum absolute atomic E-state index is 0.298. The molecule has 0 aliphatic rings. The van der Waals surface area contributed by atoms with Gasteiger partial charge in [0.25, 0.3) is 0 Å². The number of oxime groups is 1. The molecule has 2 N–H and O–H groups in total. The Balaban J connectivity index is 1.95. The first kappa shape index (κ1) is 14.8. The second-order valence-corrected chi connectivity index (χ2v) is 5.92. The number of benzene rings is 1. The lowest BCUT2D eigenvalue weighted by atomic mass is 10.2. The molecule has 20 heavy (non-hydrogen) atoms. The number of hydrogen-bond donors (Lipinski definition) is 1. The van der Waals surface area contributed by atoms with Gasteiger partial charge in [-0.1, -0.05) is 42.7 Å². The Kier molecular flexibility index (Phi) is 4.98. The summed E-state index contributed by atoms with van der Waals surface area (Å²) >= 11 is 7.52. The van der Waals surface area contributed by atoms with Crippen molar-refractivity contribution < 1.29 is 4.84 Å². The summed E-state index contributed by atoms with van der Waals surface area (Å²) in [6.45, 7) is 4.53. The molecule has 0 saturated carbocycles. The first-order valence-electron chi connectivity index (χ1n) is 6.22. The maximum Gasteiger partial charge on any atom is 0.170 e. The van der Waals surface area contributed by atoms with Crippen molar-refractivity contribution in [2.45, 2.75) is 26.4 Å². The van der Waals surface area contributed by atoms with Gasteiger partial charge >= 0.3 is 0 Å². The van der Waals surface area contributed by atoms with E-state index in [2.05, 4.69) is 24.0 Å². The Bertz CT molecular complexity index is 610. The molecule has 0 aliphatic carbocycles. The van der Waals surface area contributed by atoms with E-state index in [4.69, 9.17) is 22.2 Å². The molecule has 0 spiro atoms. The lowest BCUT2D eigenvalue weighted by Gasteiger charge is -2.01. The Labute approximate surface area is 127 Å². The molecule has 0 bridgehead atoms. The highest BCUT2D eigenvalue weighted by Crippen LogP contribution is 2.19. The summed E-state index contributed by atoms with van der Waals surface area (Å²) in [4.78, 5) is 9.69. The average molecular weight is 310 g/mol. The van der Waals surface area contributed by atoms with Crippen molar-refractivity contribution in [2.24, 2.45) is 10.9 Å². The van der Waals surface area contributed by atoms with Crippen LogP contribution in [0, 0.1) is 0 Å². The van der Waals surface area contributed by atoms with Crippen LogP contribution in [0.2, 0.25) is 5.02 Å². The van der Waals surface area contributed by atoms with Crippen molar-refractivity contribution in [1.82, 2.24) is 4.98 Å². The fraction of sp³-hybridized carbons (Fsp3) is 0.286. The van der Waals surface area contributed by atoms with Gasteiger partial charge in [-0.25, -0.2) is 4.98 Å². The number of nitrogens with zero attached hydrogens (tertiary/aromatic N) is 2. The molecule has 106 valence electrons. The molecule has 4 nitrogen and oxygen atoms in total. The lowest BCUT2D eigenvalue weighted by Crippen LogP contribution is -2.13. The van der Waals surface area contributed by atoms with E-state index in [9.17, 15) is 0 Å². The summed E-state index contributed by atoms with van der Waals surface area (Å²) < 4.78 is 0. The first-order valence-corrected chi connectivity index (χ1v) is 7.47. The first-order chi connectivity index (χ1) is 9.56. The van der Waals surface area contributed by atoms with E-state index in [1.54, 1.807) is 23.5 Å². The van der Waals surface area contributed by atoms with Gasteiger partial charge in [0.05, 0.1) is 10.7 Å². The standard InChI is InChI=1S/C14H16ClN3OS/c1-9(2)14-17-12(8-20-14)7-19-18-13(16)10-4-3-5-11(15)6-10/h3-6,8-9H,7H2,1-2H3,(H2,16,18).